The van der Waals surface area contributed by atoms with E-state index in [1.807, 2.05) is 6.07 Å². The summed E-state index contributed by atoms with van der Waals surface area (Å²) in [5, 5.41) is 3.16. The first-order valence-corrected chi connectivity index (χ1v) is 10.6. The third kappa shape index (κ3) is 4.38. The highest BCUT2D eigenvalue weighted by atomic mass is 35.5. The lowest BCUT2D eigenvalue weighted by molar-refractivity contribution is 0.201. The minimum Gasteiger partial charge on any atom is -0.493 e. The van der Waals surface area contributed by atoms with Crippen LogP contribution in [0, 0.1) is 11.6 Å². The predicted molar refractivity (Wildman–Crippen MR) is 118 cm³/mol. The maximum Gasteiger partial charge on any atom is 0.213 e. The highest BCUT2D eigenvalue weighted by Gasteiger charge is 2.37. The number of hydrogen-bond donors (Lipinski definition) is 3. The second kappa shape index (κ2) is 9.12. The van der Waals surface area contributed by atoms with Gasteiger partial charge in [0.15, 0.2) is 11.6 Å². The van der Waals surface area contributed by atoms with E-state index in [0.29, 0.717) is 36.4 Å². The van der Waals surface area contributed by atoms with Gasteiger partial charge in [0, 0.05) is 48.4 Å². The summed E-state index contributed by atoms with van der Waals surface area (Å²) in [6.45, 7) is 1.19. The van der Waals surface area contributed by atoms with Gasteiger partial charge in [-0.25, -0.2) is 13.8 Å². The third-order valence-electron chi connectivity index (χ3n) is 5.54. The van der Waals surface area contributed by atoms with Crippen LogP contribution in [0.3, 0.4) is 0 Å². The van der Waals surface area contributed by atoms with Crippen molar-refractivity contribution in [3.8, 4) is 11.6 Å². The summed E-state index contributed by atoms with van der Waals surface area (Å²) in [7, 11) is 1.30. The first-order valence-electron chi connectivity index (χ1n) is 10.1. The molecule has 0 radical (unpaired) electrons. The van der Waals surface area contributed by atoms with Crippen LogP contribution < -0.4 is 26.3 Å². The third-order valence-corrected chi connectivity index (χ3v) is 5.85. The van der Waals surface area contributed by atoms with Gasteiger partial charge in [-0.2, -0.15) is 0 Å². The van der Waals surface area contributed by atoms with Crippen molar-refractivity contribution in [1.82, 2.24) is 15.2 Å². The summed E-state index contributed by atoms with van der Waals surface area (Å²) < 4.78 is 39.1. The Morgan fingerprint density at radius 3 is 2.88 bits per heavy atom. The molecule has 2 aliphatic heterocycles. The monoisotopic (exact) mass is 463 g/mol. The van der Waals surface area contributed by atoms with Crippen LogP contribution >= 0.6 is 11.6 Å². The van der Waals surface area contributed by atoms with Crippen molar-refractivity contribution in [3.05, 3.63) is 70.8 Å². The van der Waals surface area contributed by atoms with Crippen LogP contribution in [0.25, 0.3) is 5.70 Å². The molecule has 170 valence electrons. The fourth-order valence-electron chi connectivity index (χ4n) is 4.02. The number of nitrogens with one attached hydrogen (secondary N) is 1. The van der Waals surface area contributed by atoms with Crippen LogP contribution in [0.5, 0.6) is 11.6 Å². The van der Waals surface area contributed by atoms with Gasteiger partial charge in [0.25, 0.3) is 0 Å². The maximum atomic E-state index is 14.1. The average molecular weight is 464 g/mol. The van der Waals surface area contributed by atoms with Gasteiger partial charge in [-0.3, -0.25) is 0 Å². The van der Waals surface area contributed by atoms with Gasteiger partial charge in [-0.15, -0.1) is 11.6 Å². The van der Waals surface area contributed by atoms with Crippen LogP contribution in [-0.4, -0.2) is 42.2 Å². The van der Waals surface area contributed by atoms with Gasteiger partial charge in [0.2, 0.25) is 5.88 Å². The maximum absolute atomic E-state index is 14.1. The summed E-state index contributed by atoms with van der Waals surface area (Å²) in [5.41, 5.74) is 14.2. The quantitative estimate of drug-likeness (QED) is 0.566. The van der Waals surface area contributed by atoms with Gasteiger partial charge in [0.05, 0.1) is 25.4 Å². The van der Waals surface area contributed by atoms with Crippen molar-refractivity contribution in [3.63, 3.8) is 0 Å². The second-order valence-corrected chi connectivity index (χ2v) is 7.94. The molecule has 0 saturated carbocycles. The molecule has 7 nitrogen and oxygen atoms in total. The molecule has 0 spiro atoms. The average Bonchev–Trinajstić information content (AvgIpc) is 3.18. The molecule has 4 rings (SSSR count). The van der Waals surface area contributed by atoms with Crippen LogP contribution in [0.2, 0.25) is 0 Å². The molecular formula is C22H24ClF2N5O2. The van der Waals surface area contributed by atoms with E-state index in [-0.39, 0.29) is 29.2 Å². The van der Waals surface area contributed by atoms with E-state index in [4.69, 9.17) is 32.5 Å². The zero-order chi connectivity index (χ0) is 22.8. The molecule has 32 heavy (non-hydrogen) atoms. The molecule has 1 aromatic carbocycles. The van der Waals surface area contributed by atoms with E-state index in [1.165, 1.54) is 7.11 Å². The van der Waals surface area contributed by atoms with E-state index >= 15 is 0 Å². The van der Waals surface area contributed by atoms with Gasteiger partial charge in [-0.05, 0) is 17.7 Å². The van der Waals surface area contributed by atoms with Crippen LogP contribution in [0.15, 0.2) is 48.1 Å². The molecule has 2 aromatic rings. The summed E-state index contributed by atoms with van der Waals surface area (Å²) >= 11 is 5.81. The predicted octanol–water partition coefficient (Wildman–Crippen LogP) is 2.66. The van der Waals surface area contributed by atoms with Gasteiger partial charge >= 0.3 is 0 Å². The van der Waals surface area contributed by atoms with Crippen molar-refractivity contribution < 1.29 is 18.3 Å². The molecule has 0 bridgehead atoms. The van der Waals surface area contributed by atoms with Gasteiger partial charge in [-0.1, -0.05) is 6.07 Å². The van der Waals surface area contributed by atoms with E-state index in [0.717, 1.165) is 24.1 Å². The first-order chi connectivity index (χ1) is 15.4. The molecule has 0 amide bonds. The zero-order valence-electron chi connectivity index (χ0n) is 17.4. The molecule has 3 heterocycles. The number of fused-ring (bicyclic) bond motifs is 1. The number of aromatic nitrogens is 1. The number of allylic oxidation sites excluding steroid dienone is 1. The number of rotatable bonds is 6. The second-order valence-electron chi connectivity index (χ2n) is 7.67. The lowest BCUT2D eigenvalue weighted by Crippen LogP contribution is -2.45. The lowest BCUT2D eigenvalue weighted by atomic mass is 10.1. The Morgan fingerprint density at radius 2 is 2.19 bits per heavy atom. The summed E-state index contributed by atoms with van der Waals surface area (Å²) in [6, 6.07) is 5.65. The fraction of sp³-hybridized carbons (Fsp3) is 0.318. The largest absolute Gasteiger partial charge is 0.493 e. The lowest BCUT2D eigenvalue weighted by Gasteiger charge is -2.34. The Hall–Kier alpha value is -3.20. The van der Waals surface area contributed by atoms with Crippen LogP contribution in [0.4, 0.5) is 8.78 Å². The first kappa shape index (κ1) is 22.0. The number of halogens is 3. The smallest absolute Gasteiger partial charge is 0.213 e. The number of nitrogens with zero attached hydrogens (tertiary/aromatic N) is 2. The molecule has 2 aliphatic rings. The number of ether oxygens (including phenoxy) is 2. The van der Waals surface area contributed by atoms with Crippen molar-refractivity contribution in [1.29, 1.82) is 0 Å². The van der Waals surface area contributed by atoms with Crippen molar-refractivity contribution in [2.24, 2.45) is 11.5 Å². The van der Waals surface area contributed by atoms with E-state index in [1.54, 1.807) is 18.3 Å². The summed E-state index contributed by atoms with van der Waals surface area (Å²) in [4.78, 5) is 6.38. The molecule has 10 heteroatoms. The fourth-order valence-corrected chi connectivity index (χ4v) is 4.18. The number of alkyl halides is 1. The minimum atomic E-state index is -0.831. The van der Waals surface area contributed by atoms with E-state index in [9.17, 15) is 8.78 Å². The molecular weight excluding hydrogens is 440 g/mol. The molecule has 2 unspecified atom stereocenters. The van der Waals surface area contributed by atoms with Crippen LogP contribution in [0.1, 0.15) is 17.5 Å². The SMILES string of the molecule is COc1c(F)cc(F)cc1/C(N)=C/C1=C(N)NCC2CC(Oc3ccc(CCl)cn3)CN12. The molecule has 2 atom stereocenters. The number of benzene rings is 1. The Labute approximate surface area is 189 Å². The normalized spacial score (nSPS) is 20.8. The topological polar surface area (TPSA) is 98.7 Å². The highest BCUT2D eigenvalue weighted by molar-refractivity contribution is 6.17. The molecule has 1 saturated heterocycles. The van der Waals surface area contributed by atoms with E-state index < -0.39 is 11.6 Å². The van der Waals surface area contributed by atoms with Crippen LogP contribution in [-0.2, 0) is 5.88 Å². The Balaban J connectivity index is 1.57. The van der Waals surface area contributed by atoms with E-state index in [2.05, 4.69) is 15.2 Å². The van der Waals surface area contributed by atoms with Crippen molar-refractivity contribution >= 4 is 17.3 Å². The van der Waals surface area contributed by atoms with Gasteiger partial charge in [0.1, 0.15) is 17.7 Å². The molecule has 1 aromatic heterocycles. The Kier molecular flexibility index (Phi) is 6.27. The number of pyridine rings is 1. The minimum absolute atomic E-state index is 0.111. The van der Waals surface area contributed by atoms with Crippen molar-refractivity contribution in [2.75, 3.05) is 20.2 Å². The van der Waals surface area contributed by atoms with Gasteiger partial charge < -0.3 is 31.2 Å². The number of hydrogen-bond acceptors (Lipinski definition) is 7. The molecule has 1 fully saturated rings. The zero-order valence-corrected chi connectivity index (χ0v) is 18.2. The highest BCUT2D eigenvalue weighted by Crippen LogP contribution is 2.32. The standard InChI is InChI=1S/C22H24ClF2N5O2/c1-31-21-16(4-13(24)5-17(21)25)18(26)7-19-22(27)29-10-14-6-15(11-30(14)19)32-20-3-2-12(8-23)9-28-20/h2-5,7,9,14-15,29H,6,8,10-11,26-27H2,1H3/b18-7-. The molecule has 0 aliphatic carbocycles. The Morgan fingerprint density at radius 1 is 1.38 bits per heavy atom. The summed E-state index contributed by atoms with van der Waals surface area (Å²) in [5.74, 6) is -0.384. The van der Waals surface area contributed by atoms with Crippen molar-refractivity contribution in [2.45, 2.75) is 24.4 Å². The number of methoxy groups -OCH3 is 1. The summed E-state index contributed by atoms with van der Waals surface area (Å²) in [6.07, 6.45) is 3.91. The molecule has 5 N–H and O–H groups in total. The Bertz CT molecular complexity index is 1060. The number of nitrogens with two attached hydrogens (primary N) is 2.